The summed E-state index contributed by atoms with van der Waals surface area (Å²) >= 11 is 0. The van der Waals surface area contributed by atoms with Crippen LogP contribution in [0.3, 0.4) is 0 Å². The molecule has 17 heavy (non-hydrogen) atoms. The highest BCUT2D eigenvalue weighted by Gasteiger charge is 2.31. The van der Waals surface area contributed by atoms with E-state index in [-0.39, 0.29) is 0 Å². The van der Waals surface area contributed by atoms with Crippen molar-refractivity contribution in [3.63, 3.8) is 0 Å². The fraction of sp³-hybridized carbons (Fsp3) is 0.467. The van der Waals surface area contributed by atoms with Gasteiger partial charge in [-0.3, -0.25) is 0 Å². The number of aryl methyl sites for hydroxylation is 1. The van der Waals surface area contributed by atoms with E-state index in [9.17, 15) is 5.11 Å². The van der Waals surface area contributed by atoms with E-state index in [1.165, 1.54) is 11.1 Å². The third kappa shape index (κ3) is 2.62. The van der Waals surface area contributed by atoms with Crippen molar-refractivity contribution in [1.82, 2.24) is 0 Å². The smallest absolute Gasteiger partial charge is 0.119 e. The first-order chi connectivity index (χ1) is 8.17. The molecule has 0 aromatic heterocycles. The van der Waals surface area contributed by atoms with E-state index in [0.29, 0.717) is 19.3 Å². The van der Waals surface area contributed by atoms with Gasteiger partial charge in [-0.25, -0.2) is 0 Å². The van der Waals surface area contributed by atoms with Crippen molar-refractivity contribution < 1.29 is 9.84 Å². The van der Waals surface area contributed by atoms with Gasteiger partial charge in [0.25, 0.3) is 0 Å². The second-order valence-corrected chi connectivity index (χ2v) is 4.74. The minimum Gasteiger partial charge on any atom is -0.497 e. The van der Waals surface area contributed by atoms with Gasteiger partial charge in [0, 0.05) is 12.8 Å². The second-order valence-electron chi connectivity index (χ2n) is 4.74. The van der Waals surface area contributed by atoms with E-state index in [1.807, 2.05) is 12.1 Å². The van der Waals surface area contributed by atoms with Crippen LogP contribution < -0.4 is 4.74 Å². The Labute approximate surface area is 103 Å². The summed E-state index contributed by atoms with van der Waals surface area (Å²) in [5, 5.41) is 10.5. The quantitative estimate of drug-likeness (QED) is 0.808. The lowest BCUT2D eigenvalue weighted by Gasteiger charge is -2.33. The van der Waals surface area contributed by atoms with Crippen LogP contribution >= 0.6 is 0 Å². The number of aliphatic hydroxyl groups is 1. The first-order valence-electron chi connectivity index (χ1n) is 5.98. The molecule has 1 aromatic carbocycles. The van der Waals surface area contributed by atoms with Crippen molar-refractivity contribution in [2.24, 2.45) is 0 Å². The number of methoxy groups -OCH3 is 1. The molecule has 2 nitrogen and oxygen atoms in total. The summed E-state index contributed by atoms with van der Waals surface area (Å²) in [6.45, 7) is 0. The molecule has 0 fully saturated rings. The van der Waals surface area contributed by atoms with Crippen molar-refractivity contribution in [1.29, 1.82) is 0 Å². The van der Waals surface area contributed by atoms with Crippen molar-refractivity contribution in [2.45, 2.75) is 37.7 Å². The first-order valence-corrected chi connectivity index (χ1v) is 5.98. The monoisotopic (exact) mass is 230 g/mol. The topological polar surface area (TPSA) is 29.5 Å². The van der Waals surface area contributed by atoms with Crippen LogP contribution in [0.15, 0.2) is 18.2 Å². The van der Waals surface area contributed by atoms with Gasteiger partial charge in [0.05, 0.1) is 12.7 Å². The molecular weight excluding hydrogens is 212 g/mol. The average Bonchev–Trinajstić information content (AvgIpc) is 2.35. The summed E-state index contributed by atoms with van der Waals surface area (Å²) in [7, 11) is 1.66. The van der Waals surface area contributed by atoms with Gasteiger partial charge in [0.2, 0.25) is 0 Å². The predicted molar refractivity (Wildman–Crippen MR) is 68.0 cm³/mol. The van der Waals surface area contributed by atoms with Crippen LogP contribution in [-0.4, -0.2) is 17.8 Å². The van der Waals surface area contributed by atoms with Crippen LogP contribution in [-0.2, 0) is 12.8 Å². The molecule has 1 aliphatic rings. The fourth-order valence-electron chi connectivity index (χ4n) is 2.47. The molecule has 1 aromatic rings. The minimum atomic E-state index is -0.633. The first kappa shape index (κ1) is 12.0. The Morgan fingerprint density at radius 1 is 1.47 bits per heavy atom. The zero-order valence-electron chi connectivity index (χ0n) is 10.2. The maximum atomic E-state index is 10.5. The standard InChI is InChI=1S/C15H18O2/c1-3-4-8-15(16)9-7-12-5-6-14(17-2)10-13(12)11-15/h1,5-6,10,16H,4,7-9,11H2,2H3. The molecule has 0 saturated heterocycles. The molecule has 0 heterocycles. The molecule has 0 amide bonds. The molecule has 1 N–H and O–H groups in total. The summed E-state index contributed by atoms with van der Waals surface area (Å²) in [6, 6.07) is 6.09. The summed E-state index contributed by atoms with van der Waals surface area (Å²) < 4.78 is 5.22. The molecule has 1 atom stereocenters. The predicted octanol–water partition coefficient (Wildman–Crippen LogP) is 2.33. The third-order valence-corrected chi connectivity index (χ3v) is 3.53. The van der Waals surface area contributed by atoms with E-state index in [0.717, 1.165) is 18.6 Å². The van der Waals surface area contributed by atoms with E-state index in [2.05, 4.69) is 12.0 Å². The van der Waals surface area contributed by atoms with E-state index < -0.39 is 5.60 Å². The highest BCUT2D eigenvalue weighted by molar-refractivity contribution is 5.38. The van der Waals surface area contributed by atoms with Crippen LogP contribution in [0, 0.1) is 12.3 Å². The maximum absolute atomic E-state index is 10.5. The number of benzene rings is 1. The highest BCUT2D eigenvalue weighted by Crippen LogP contribution is 2.33. The fourth-order valence-corrected chi connectivity index (χ4v) is 2.47. The molecule has 90 valence electrons. The number of rotatable bonds is 3. The Morgan fingerprint density at radius 3 is 3.00 bits per heavy atom. The maximum Gasteiger partial charge on any atom is 0.119 e. The Bertz CT molecular complexity index is 445. The summed E-state index contributed by atoms with van der Waals surface area (Å²) in [6.07, 6.45) is 8.98. The van der Waals surface area contributed by atoms with Gasteiger partial charge in [0.1, 0.15) is 5.75 Å². The summed E-state index contributed by atoms with van der Waals surface area (Å²) in [4.78, 5) is 0. The zero-order valence-corrected chi connectivity index (χ0v) is 10.2. The van der Waals surface area contributed by atoms with Crippen LogP contribution in [0.1, 0.15) is 30.4 Å². The van der Waals surface area contributed by atoms with Gasteiger partial charge in [0.15, 0.2) is 0 Å². The van der Waals surface area contributed by atoms with Crippen molar-refractivity contribution >= 4 is 0 Å². The van der Waals surface area contributed by atoms with Gasteiger partial charge < -0.3 is 9.84 Å². The molecule has 0 saturated carbocycles. The zero-order chi connectivity index (χ0) is 12.3. The van der Waals surface area contributed by atoms with Crippen LogP contribution in [0.5, 0.6) is 5.75 Å². The lowest BCUT2D eigenvalue weighted by molar-refractivity contribution is 0.0193. The molecule has 0 radical (unpaired) electrons. The Kier molecular flexibility index (Phi) is 3.40. The molecular formula is C15H18O2. The number of hydrogen-bond acceptors (Lipinski definition) is 2. The third-order valence-electron chi connectivity index (χ3n) is 3.53. The summed E-state index contributed by atoms with van der Waals surface area (Å²) in [5.74, 6) is 3.45. The average molecular weight is 230 g/mol. The SMILES string of the molecule is C#CCCC1(O)CCc2ccc(OC)cc2C1. The van der Waals surface area contributed by atoms with Gasteiger partial charge in [-0.1, -0.05) is 6.07 Å². The van der Waals surface area contributed by atoms with Gasteiger partial charge >= 0.3 is 0 Å². The number of ether oxygens (including phenoxy) is 1. The number of terminal acetylenes is 1. The molecule has 0 spiro atoms. The second kappa shape index (κ2) is 4.81. The highest BCUT2D eigenvalue weighted by atomic mass is 16.5. The molecule has 0 bridgehead atoms. The summed E-state index contributed by atoms with van der Waals surface area (Å²) in [5.41, 5.74) is 1.87. The molecule has 1 aliphatic carbocycles. The lowest BCUT2D eigenvalue weighted by atomic mass is 9.78. The van der Waals surface area contributed by atoms with Crippen LogP contribution in [0.25, 0.3) is 0 Å². The van der Waals surface area contributed by atoms with Gasteiger partial charge in [-0.05, 0) is 42.5 Å². The van der Waals surface area contributed by atoms with Crippen LogP contribution in [0.4, 0.5) is 0 Å². The Morgan fingerprint density at radius 2 is 2.29 bits per heavy atom. The van der Waals surface area contributed by atoms with Crippen LogP contribution in [0.2, 0.25) is 0 Å². The van der Waals surface area contributed by atoms with Crippen molar-refractivity contribution in [3.05, 3.63) is 29.3 Å². The largest absolute Gasteiger partial charge is 0.497 e. The van der Waals surface area contributed by atoms with Gasteiger partial charge in [-0.2, -0.15) is 0 Å². The minimum absolute atomic E-state index is 0.633. The lowest BCUT2D eigenvalue weighted by Crippen LogP contribution is -2.35. The number of hydrogen-bond donors (Lipinski definition) is 1. The number of fused-ring (bicyclic) bond motifs is 1. The molecule has 2 heteroatoms. The van der Waals surface area contributed by atoms with Crippen molar-refractivity contribution in [3.8, 4) is 18.1 Å². The molecule has 1 unspecified atom stereocenters. The van der Waals surface area contributed by atoms with E-state index in [4.69, 9.17) is 11.2 Å². The normalized spacial score (nSPS) is 22.6. The molecule has 2 rings (SSSR count). The van der Waals surface area contributed by atoms with E-state index >= 15 is 0 Å². The van der Waals surface area contributed by atoms with E-state index in [1.54, 1.807) is 7.11 Å². The van der Waals surface area contributed by atoms with Gasteiger partial charge in [-0.15, -0.1) is 12.3 Å². The Balaban J connectivity index is 2.19. The molecule has 0 aliphatic heterocycles. The Hall–Kier alpha value is -1.46. The van der Waals surface area contributed by atoms with Crippen molar-refractivity contribution in [2.75, 3.05) is 7.11 Å².